The maximum Gasteiger partial charge on any atom is 0.0852 e. The minimum absolute atomic E-state index is 0.339. The molecule has 0 saturated heterocycles. The maximum atomic E-state index is 10.5. The molecular formula is C12H21N3O. The van der Waals surface area contributed by atoms with Crippen LogP contribution in [0.2, 0.25) is 0 Å². The summed E-state index contributed by atoms with van der Waals surface area (Å²) in [5.74, 6) is 0.387. The molecule has 0 spiro atoms. The van der Waals surface area contributed by atoms with Gasteiger partial charge in [0.25, 0.3) is 0 Å². The van der Waals surface area contributed by atoms with Crippen LogP contribution in [-0.2, 0) is 13.0 Å². The molecular weight excluding hydrogens is 202 g/mol. The van der Waals surface area contributed by atoms with Gasteiger partial charge in [-0.05, 0) is 38.7 Å². The number of aromatic nitrogens is 2. The van der Waals surface area contributed by atoms with Crippen LogP contribution in [0.5, 0.6) is 0 Å². The molecule has 1 heterocycles. The van der Waals surface area contributed by atoms with Gasteiger partial charge in [-0.2, -0.15) is 5.10 Å². The molecule has 0 aliphatic heterocycles. The molecule has 1 aromatic heterocycles. The van der Waals surface area contributed by atoms with Crippen LogP contribution in [0.3, 0.4) is 0 Å². The Bertz CT molecular complexity index is 370. The van der Waals surface area contributed by atoms with Crippen molar-refractivity contribution in [2.24, 2.45) is 11.7 Å². The van der Waals surface area contributed by atoms with Crippen LogP contribution < -0.4 is 5.73 Å². The van der Waals surface area contributed by atoms with Gasteiger partial charge in [-0.15, -0.1) is 0 Å². The van der Waals surface area contributed by atoms with Gasteiger partial charge < -0.3 is 10.8 Å². The van der Waals surface area contributed by atoms with Gasteiger partial charge in [0.05, 0.1) is 11.3 Å². The zero-order valence-corrected chi connectivity index (χ0v) is 10.1. The number of nitrogens with zero attached hydrogens (tertiary/aromatic N) is 2. The SMILES string of the molecule is CCn1nc(C)cc1CC(O)(CN)C1CC1. The number of rotatable bonds is 5. The fourth-order valence-corrected chi connectivity index (χ4v) is 2.33. The van der Waals surface area contributed by atoms with Gasteiger partial charge in [0, 0.05) is 25.2 Å². The average molecular weight is 223 g/mol. The van der Waals surface area contributed by atoms with Gasteiger partial charge in [0.15, 0.2) is 0 Å². The third kappa shape index (κ3) is 2.13. The number of hydrogen-bond acceptors (Lipinski definition) is 3. The van der Waals surface area contributed by atoms with E-state index in [2.05, 4.69) is 12.0 Å². The van der Waals surface area contributed by atoms with E-state index in [4.69, 9.17) is 5.73 Å². The summed E-state index contributed by atoms with van der Waals surface area (Å²) in [5.41, 5.74) is 7.10. The minimum atomic E-state index is -0.723. The van der Waals surface area contributed by atoms with Crippen molar-refractivity contribution in [3.63, 3.8) is 0 Å². The molecule has 0 bridgehead atoms. The van der Waals surface area contributed by atoms with Crippen LogP contribution in [0, 0.1) is 12.8 Å². The number of hydrogen-bond donors (Lipinski definition) is 2. The quantitative estimate of drug-likeness (QED) is 0.778. The largest absolute Gasteiger partial charge is 0.388 e. The van der Waals surface area contributed by atoms with Crippen LogP contribution in [0.1, 0.15) is 31.2 Å². The highest BCUT2D eigenvalue weighted by Gasteiger charge is 2.43. The summed E-state index contributed by atoms with van der Waals surface area (Å²) < 4.78 is 1.96. The molecule has 1 aliphatic rings. The lowest BCUT2D eigenvalue weighted by Gasteiger charge is -2.26. The smallest absolute Gasteiger partial charge is 0.0852 e. The van der Waals surface area contributed by atoms with Gasteiger partial charge >= 0.3 is 0 Å². The van der Waals surface area contributed by atoms with E-state index in [1.54, 1.807) is 0 Å². The molecule has 1 atom stereocenters. The van der Waals surface area contributed by atoms with Crippen molar-refractivity contribution in [3.8, 4) is 0 Å². The van der Waals surface area contributed by atoms with Gasteiger partial charge in [0.2, 0.25) is 0 Å². The summed E-state index contributed by atoms with van der Waals surface area (Å²) in [6.07, 6.45) is 2.84. The Kier molecular flexibility index (Phi) is 3.04. The third-order valence-electron chi connectivity index (χ3n) is 3.46. The molecule has 4 heteroatoms. The molecule has 0 radical (unpaired) electrons. The first-order valence-corrected chi connectivity index (χ1v) is 6.05. The van der Waals surface area contributed by atoms with Crippen LogP contribution >= 0.6 is 0 Å². The second-order valence-corrected chi connectivity index (χ2v) is 4.85. The zero-order valence-electron chi connectivity index (χ0n) is 10.1. The van der Waals surface area contributed by atoms with Crippen molar-refractivity contribution in [3.05, 3.63) is 17.5 Å². The van der Waals surface area contributed by atoms with E-state index in [0.29, 0.717) is 18.9 Å². The first kappa shape index (κ1) is 11.6. The van der Waals surface area contributed by atoms with E-state index in [1.165, 1.54) is 0 Å². The molecule has 0 amide bonds. The number of aliphatic hydroxyl groups is 1. The second-order valence-electron chi connectivity index (χ2n) is 4.85. The van der Waals surface area contributed by atoms with E-state index in [0.717, 1.165) is 30.8 Å². The molecule has 16 heavy (non-hydrogen) atoms. The summed E-state index contributed by atoms with van der Waals surface area (Å²) in [5, 5.41) is 14.9. The van der Waals surface area contributed by atoms with Crippen molar-refractivity contribution in [2.45, 2.75) is 45.3 Å². The van der Waals surface area contributed by atoms with E-state index in [-0.39, 0.29) is 0 Å². The fourth-order valence-electron chi connectivity index (χ4n) is 2.33. The van der Waals surface area contributed by atoms with Crippen LogP contribution in [0.15, 0.2) is 6.07 Å². The lowest BCUT2D eigenvalue weighted by molar-refractivity contribution is 0.0248. The fraction of sp³-hybridized carbons (Fsp3) is 0.750. The van der Waals surface area contributed by atoms with Gasteiger partial charge in [-0.3, -0.25) is 4.68 Å². The highest BCUT2D eigenvalue weighted by Crippen LogP contribution is 2.40. The predicted octanol–water partition coefficient (Wildman–Crippen LogP) is 0.854. The van der Waals surface area contributed by atoms with Crippen molar-refractivity contribution in [1.82, 2.24) is 9.78 Å². The Morgan fingerprint density at radius 3 is 2.81 bits per heavy atom. The topological polar surface area (TPSA) is 64.1 Å². The summed E-state index contributed by atoms with van der Waals surface area (Å²) >= 11 is 0. The normalized spacial score (nSPS) is 19.8. The number of aryl methyl sites for hydroxylation is 2. The first-order valence-electron chi connectivity index (χ1n) is 6.05. The van der Waals surface area contributed by atoms with Crippen LogP contribution in [0.25, 0.3) is 0 Å². The van der Waals surface area contributed by atoms with Crippen molar-refractivity contribution in [2.75, 3.05) is 6.54 Å². The number of nitrogens with two attached hydrogens (primary N) is 1. The van der Waals surface area contributed by atoms with E-state index in [1.807, 2.05) is 17.7 Å². The molecule has 3 N–H and O–H groups in total. The van der Waals surface area contributed by atoms with Gasteiger partial charge in [0.1, 0.15) is 0 Å². The van der Waals surface area contributed by atoms with E-state index >= 15 is 0 Å². The lowest BCUT2D eigenvalue weighted by atomic mass is 9.92. The minimum Gasteiger partial charge on any atom is -0.388 e. The Morgan fingerprint density at radius 1 is 1.62 bits per heavy atom. The molecule has 2 rings (SSSR count). The molecule has 90 valence electrons. The first-order chi connectivity index (χ1) is 7.59. The Labute approximate surface area is 96.5 Å². The van der Waals surface area contributed by atoms with E-state index < -0.39 is 5.60 Å². The maximum absolute atomic E-state index is 10.5. The standard InChI is InChI=1S/C12H21N3O/c1-3-15-11(6-9(2)14-15)7-12(16,8-13)10-4-5-10/h6,10,16H,3-5,7-8,13H2,1-2H3. The van der Waals surface area contributed by atoms with Crippen LogP contribution in [0.4, 0.5) is 0 Å². The monoisotopic (exact) mass is 223 g/mol. The highest BCUT2D eigenvalue weighted by molar-refractivity contribution is 5.14. The van der Waals surface area contributed by atoms with Gasteiger partial charge in [-0.25, -0.2) is 0 Å². The van der Waals surface area contributed by atoms with Crippen LogP contribution in [-0.4, -0.2) is 27.0 Å². The molecule has 1 unspecified atom stereocenters. The molecule has 1 fully saturated rings. The molecule has 1 aliphatic carbocycles. The van der Waals surface area contributed by atoms with E-state index in [9.17, 15) is 5.11 Å². The molecule has 1 saturated carbocycles. The zero-order chi connectivity index (χ0) is 11.8. The third-order valence-corrected chi connectivity index (χ3v) is 3.46. The Hall–Kier alpha value is -0.870. The summed E-state index contributed by atoms with van der Waals surface area (Å²) in [6, 6.07) is 2.05. The lowest BCUT2D eigenvalue weighted by Crippen LogP contribution is -2.42. The Balaban J connectivity index is 2.17. The predicted molar refractivity (Wildman–Crippen MR) is 63.1 cm³/mol. The van der Waals surface area contributed by atoms with Gasteiger partial charge in [-0.1, -0.05) is 0 Å². The molecule has 1 aromatic rings. The molecule has 0 aromatic carbocycles. The summed E-state index contributed by atoms with van der Waals surface area (Å²) in [6.45, 7) is 5.23. The van der Waals surface area contributed by atoms with Crippen molar-refractivity contribution < 1.29 is 5.11 Å². The van der Waals surface area contributed by atoms with Crippen molar-refractivity contribution >= 4 is 0 Å². The summed E-state index contributed by atoms with van der Waals surface area (Å²) in [4.78, 5) is 0. The van der Waals surface area contributed by atoms with Crippen molar-refractivity contribution in [1.29, 1.82) is 0 Å². The average Bonchev–Trinajstić information content (AvgIpc) is 3.05. The summed E-state index contributed by atoms with van der Waals surface area (Å²) in [7, 11) is 0. The Morgan fingerprint density at radius 2 is 2.31 bits per heavy atom. The second kappa shape index (κ2) is 4.18. The molecule has 4 nitrogen and oxygen atoms in total. The highest BCUT2D eigenvalue weighted by atomic mass is 16.3.